The van der Waals surface area contributed by atoms with Crippen LogP contribution in [0.2, 0.25) is 0 Å². The van der Waals surface area contributed by atoms with Crippen molar-refractivity contribution in [3.8, 4) is 10.6 Å². The molecule has 2 aromatic rings. The van der Waals surface area contributed by atoms with Gasteiger partial charge in [-0.15, -0.1) is 11.3 Å². The van der Waals surface area contributed by atoms with Gasteiger partial charge in [-0.1, -0.05) is 19.3 Å². The predicted octanol–water partition coefficient (Wildman–Crippen LogP) is 2.60. The summed E-state index contributed by atoms with van der Waals surface area (Å²) in [6.07, 6.45) is 11.9. The Balaban J connectivity index is 1.67. The fourth-order valence-electron chi connectivity index (χ4n) is 3.39. The van der Waals surface area contributed by atoms with Crippen molar-refractivity contribution >= 4 is 17.2 Å². The number of nitrogens with zero attached hydrogens (tertiary/aromatic N) is 3. The molecule has 2 aromatic heterocycles. The first-order chi connectivity index (χ1) is 11.7. The van der Waals surface area contributed by atoms with Gasteiger partial charge in [-0.25, -0.2) is 4.98 Å². The summed E-state index contributed by atoms with van der Waals surface area (Å²) in [6, 6.07) is 0.0479. The highest BCUT2D eigenvalue weighted by molar-refractivity contribution is 7.16. The van der Waals surface area contributed by atoms with Crippen molar-refractivity contribution in [2.24, 2.45) is 13.0 Å². The second kappa shape index (κ2) is 7.90. The Hall–Kier alpha value is -1.73. The highest BCUT2D eigenvalue weighted by Gasteiger charge is 2.25. The largest absolute Gasteiger partial charge is 0.396 e. The average Bonchev–Trinajstić information content (AvgIpc) is 3.24. The van der Waals surface area contributed by atoms with Gasteiger partial charge in [0.05, 0.1) is 12.4 Å². The molecule has 1 amide bonds. The molecule has 1 fully saturated rings. The van der Waals surface area contributed by atoms with E-state index in [-0.39, 0.29) is 18.6 Å². The number of aliphatic hydroxyl groups is 1. The Kier molecular flexibility index (Phi) is 5.63. The maximum absolute atomic E-state index is 12.6. The van der Waals surface area contributed by atoms with E-state index < -0.39 is 0 Å². The fourth-order valence-corrected chi connectivity index (χ4v) is 4.18. The lowest BCUT2D eigenvalue weighted by atomic mass is 9.82. The summed E-state index contributed by atoms with van der Waals surface area (Å²) >= 11 is 1.38. The van der Waals surface area contributed by atoms with E-state index in [1.807, 2.05) is 13.2 Å². The third-order valence-electron chi connectivity index (χ3n) is 4.66. The molecule has 0 aromatic carbocycles. The van der Waals surface area contributed by atoms with Gasteiger partial charge in [0.15, 0.2) is 0 Å². The maximum Gasteiger partial charge on any atom is 0.263 e. The van der Waals surface area contributed by atoms with Crippen molar-refractivity contribution in [2.45, 2.75) is 44.6 Å². The summed E-state index contributed by atoms with van der Waals surface area (Å²) in [7, 11) is 1.86. The van der Waals surface area contributed by atoms with Crippen molar-refractivity contribution in [1.29, 1.82) is 0 Å². The molecule has 7 heteroatoms. The Bertz CT molecular complexity index is 676. The van der Waals surface area contributed by atoms with Gasteiger partial charge in [0.2, 0.25) is 0 Å². The molecule has 6 nitrogen and oxygen atoms in total. The van der Waals surface area contributed by atoms with Crippen molar-refractivity contribution in [3.63, 3.8) is 0 Å². The molecule has 1 aliphatic carbocycles. The number of nitrogens with one attached hydrogen (secondary N) is 1. The smallest absolute Gasteiger partial charge is 0.263 e. The van der Waals surface area contributed by atoms with Gasteiger partial charge in [0, 0.05) is 31.5 Å². The van der Waals surface area contributed by atoms with Crippen LogP contribution in [0, 0.1) is 5.92 Å². The molecule has 130 valence electrons. The van der Waals surface area contributed by atoms with Crippen LogP contribution in [0.25, 0.3) is 10.6 Å². The molecule has 2 N–H and O–H groups in total. The number of carbonyl (C=O) groups is 1. The van der Waals surface area contributed by atoms with Gasteiger partial charge >= 0.3 is 0 Å². The van der Waals surface area contributed by atoms with E-state index in [1.54, 1.807) is 17.1 Å². The predicted molar refractivity (Wildman–Crippen MR) is 93.8 cm³/mol. The second-order valence-corrected chi connectivity index (χ2v) is 7.45. The topological polar surface area (TPSA) is 80.0 Å². The minimum Gasteiger partial charge on any atom is -0.396 e. The van der Waals surface area contributed by atoms with Crippen molar-refractivity contribution in [2.75, 3.05) is 6.61 Å². The van der Waals surface area contributed by atoms with E-state index in [2.05, 4.69) is 15.4 Å². The van der Waals surface area contributed by atoms with Crippen molar-refractivity contribution < 1.29 is 9.90 Å². The van der Waals surface area contributed by atoms with Gasteiger partial charge in [-0.3, -0.25) is 9.48 Å². The molecule has 24 heavy (non-hydrogen) atoms. The number of hydrogen-bond donors (Lipinski definition) is 2. The van der Waals surface area contributed by atoms with Crippen LogP contribution in [0.4, 0.5) is 0 Å². The average molecular weight is 348 g/mol. The number of carbonyl (C=O) groups excluding carboxylic acids is 1. The molecule has 0 spiro atoms. The standard InChI is InChI=1S/C17H24N4O2S/c1-21-11-13(9-19-21)17-18-10-15(24-17)16(23)20-14(7-8-22)12-5-3-2-4-6-12/h9-12,14,22H,2-8H2,1H3,(H,20,23). The minimum absolute atomic E-state index is 0.0479. The Morgan fingerprint density at radius 3 is 2.88 bits per heavy atom. The van der Waals surface area contributed by atoms with E-state index in [0.717, 1.165) is 23.4 Å². The third kappa shape index (κ3) is 4.02. The van der Waals surface area contributed by atoms with E-state index >= 15 is 0 Å². The van der Waals surface area contributed by atoms with Gasteiger partial charge in [0.1, 0.15) is 9.88 Å². The number of aliphatic hydroxyl groups excluding tert-OH is 1. The first kappa shape index (κ1) is 17.1. The number of thiazole rings is 1. The monoisotopic (exact) mass is 348 g/mol. The number of aromatic nitrogens is 3. The zero-order valence-corrected chi connectivity index (χ0v) is 14.8. The summed E-state index contributed by atoms with van der Waals surface area (Å²) in [5.74, 6) is 0.382. The van der Waals surface area contributed by atoms with Crippen LogP contribution in [0.1, 0.15) is 48.2 Å². The molecular formula is C17H24N4O2S. The quantitative estimate of drug-likeness (QED) is 0.841. The van der Waals surface area contributed by atoms with E-state index in [4.69, 9.17) is 0 Å². The number of aryl methyl sites for hydroxylation is 1. The zero-order chi connectivity index (χ0) is 16.9. The second-order valence-electron chi connectivity index (χ2n) is 6.42. The van der Waals surface area contributed by atoms with Gasteiger partial charge < -0.3 is 10.4 Å². The molecule has 0 saturated heterocycles. The summed E-state index contributed by atoms with van der Waals surface area (Å²) in [6.45, 7) is 0.102. The van der Waals surface area contributed by atoms with Crippen LogP contribution >= 0.6 is 11.3 Å². The highest BCUT2D eigenvalue weighted by atomic mass is 32.1. The first-order valence-electron chi connectivity index (χ1n) is 8.54. The molecule has 1 saturated carbocycles. The first-order valence-corrected chi connectivity index (χ1v) is 9.35. The van der Waals surface area contributed by atoms with E-state index in [1.165, 1.54) is 30.6 Å². The molecule has 1 unspecified atom stereocenters. The third-order valence-corrected chi connectivity index (χ3v) is 5.70. The maximum atomic E-state index is 12.6. The van der Waals surface area contributed by atoms with Crippen LogP contribution in [0.15, 0.2) is 18.6 Å². The van der Waals surface area contributed by atoms with Crippen LogP contribution in [-0.4, -0.2) is 38.4 Å². The van der Waals surface area contributed by atoms with E-state index in [9.17, 15) is 9.90 Å². The summed E-state index contributed by atoms with van der Waals surface area (Å²) in [4.78, 5) is 17.5. The van der Waals surface area contributed by atoms with Crippen molar-refractivity contribution in [3.05, 3.63) is 23.5 Å². The number of amides is 1. The van der Waals surface area contributed by atoms with Crippen LogP contribution in [0.3, 0.4) is 0 Å². The molecule has 0 bridgehead atoms. The van der Waals surface area contributed by atoms with Crippen LogP contribution in [0.5, 0.6) is 0 Å². The highest BCUT2D eigenvalue weighted by Crippen LogP contribution is 2.29. The fraction of sp³-hybridized carbons (Fsp3) is 0.588. The Labute approximate surface area is 145 Å². The zero-order valence-electron chi connectivity index (χ0n) is 13.9. The van der Waals surface area contributed by atoms with Gasteiger partial charge in [-0.2, -0.15) is 5.10 Å². The van der Waals surface area contributed by atoms with Crippen LogP contribution in [-0.2, 0) is 7.05 Å². The summed E-state index contributed by atoms with van der Waals surface area (Å²) in [5.41, 5.74) is 0.917. The molecule has 0 aliphatic heterocycles. The SMILES string of the molecule is Cn1cc(-c2ncc(C(=O)NC(CCO)C3CCCCC3)s2)cn1. The Morgan fingerprint density at radius 1 is 1.42 bits per heavy atom. The van der Waals surface area contributed by atoms with E-state index in [0.29, 0.717) is 17.2 Å². The number of rotatable bonds is 6. The molecule has 3 rings (SSSR count). The minimum atomic E-state index is -0.0911. The lowest BCUT2D eigenvalue weighted by Gasteiger charge is -2.30. The molecule has 1 aliphatic rings. The lowest BCUT2D eigenvalue weighted by molar-refractivity contribution is 0.0903. The number of hydrogen-bond acceptors (Lipinski definition) is 5. The molecule has 0 radical (unpaired) electrons. The lowest BCUT2D eigenvalue weighted by Crippen LogP contribution is -2.41. The van der Waals surface area contributed by atoms with Crippen LogP contribution < -0.4 is 5.32 Å². The summed E-state index contributed by atoms with van der Waals surface area (Å²) < 4.78 is 1.72. The normalized spacial score (nSPS) is 16.9. The van der Waals surface area contributed by atoms with Gasteiger partial charge in [0.25, 0.3) is 5.91 Å². The summed E-state index contributed by atoms with van der Waals surface area (Å²) in [5, 5.41) is 17.4. The van der Waals surface area contributed by atoms with Gasteiger partial charge in [-0.05, 0) is 25.2 Å². The molecule has 1 atom stereocenters. The van der Waals surface area contributed by atoms with Crippen molar-refractivity contribution in [1.82, 2.24) is 20.1 Å². The molecular weight excluding hydrogens is 324 g/mol. The Morgan fingerprint density at radius 2 is 2.21 bits per heavy atom. The molecule has 2 heterocycles.